The Bertz CT molecular complexity index is 403. The maximum absolute atomic E-state index is 9.77. The summed E-state index contributed by atoms with van der Waals surface area (Å²) in [5.41, 5.74) is 0.691. The van der Waals surface area contributed by atoms with E-state index in [9.17, 15) is 5.11 Å². The lowest BCUT2D eigenvalue weighted by Crippen LogP contribution is -2.37. The molecule has 1 aliphatic heterocycles. The first-order valence-corrected chi connectivity index (χ1v) is 7.61. The van der Waals surface area contributed by atoms with Crippen molar-refractivity contribution >= 4 is 27.7 Å². The van der Waals surface area contributed by atoms with E-state index in [1.54, 1.807) is 0 Å². The minimum absolute atomic E-state index is 0.357. The zero-order chi connectivity index (χ0) is 12.5. The van der Waals surface area contributed by atoms with Gasteiger partial charge >= 0.3 is 0 Å². The summed E-state index contributed by atoms with van der Waals surface area (Å²) in [6.45, 7) is 4.28. The van der Waals surface area contributed by atoms with Gasteiger partial charge in [0.2, 0.25) is 0 Å². The predicted molar refractivity (Wildman–Crippen MR) is 76.5 cm³/mol. The normalized spacial score (nSPS) is 20.1. The van der Waals surface area contributed by atoms with Crippen molar-refractivity contribution in [3.05, 3.63) is 28.2 Å². The van der Waals surface area contributed by atoms with E-state index in [4.69, 9.17) is 0 Å². The van der Waals surface area contributed by atoms with Crippen LogP contribution < -0.4 is 5.32 Å². The maximum atomic E-state index is 9.77. The lowest BCUT2D eigenvalue weighted by molar-refractivity contribution is 0.0760. The molecule has 0 aromatic heterocycles. The molecule has 1 heterocycles. The quantitative estimate of drug-likeness (QED) is 0.897. The molecule has 1 unspecified atom stereocenters. The topological polar surface area (TPSA) is 32.3 Å². The van der Waals surface area contributed by atoms with Crippen LogP contribution in [0.1, 0.15) is 31.9 Å². The molecule has 0 aliphatic carbocycles. The van der Waals surface area contributed by atoms with Gasteiger partial charge in [-0.3, -0.25) is 0 Å². The molecule has 94 valence electrons. The molecule has 2 N–H and O–H groups in total. The first-order chi connectivity index (χ1) is 7.96. The summed E-state index contributed by atoms with van der Waals surface area (Å²) < 4.78 is 1.12. The van der Waals surface area contributed by atoms with Gasteiger partial charge in [0.25, 0.3) is 0 Å². The average molecular weight is 316 g/mol. The first kappa shape index (κ1) is 13.4. The van der Waals surface area contributed by atoms with Crippen molar-refractivity contribution in [3.8, 4) is 0 Å². The minimum atomic E-state index is -0.656. The van der Waals surface area contributed by atoms with Crippen LogP contribution in [0.15, 0.2) is 27.6 Å². The van der Waals surface area contributed by atoms with Crippen molar-refractivity contribution in [2.24, 2.45) is 0 Å². The van der Waals surface area contributed by atoms with Gasteiger partial charge in [0, 0.05) is 22.0 Å². The van der Waals surface area contributed by atoms with Gasteiger partial charge in [0.1, 0.15) is 0 Å². The van der Waals surface area contributed by atoms with Crippen LogP contribution in [0.5, 0.6) is 0 Å². The van der Waals surface area contributed by atoms with E-state index in [-0.39, 0.29) is 0 Å². The zero-order valence-corrected chi connectivity index (χ0v) is 12.6. The van der Waals surface area contributed by atoms with Gasteiger partial charge in [-0.2, -0.15) is 0 Å². The SMILES string of the molecule is CC(C)(O)CNC1CCSc2ccc(Br)cc21. The first-order valence-electron chi connectivity index (χ1n) is 5.84. The van der Waals surface area contributed by atoms with Crippen LogP contribution in [0.2, 0.25) is 0 Å². The van der Waals surface area contributed by atoms with Gasteiger partial charge in [-0.15, -0.1) is 11.8 Å². The molecule has 0 saturated carbocycles. The second-order valence-electron chi connectivity index (χ2n) is 5.07. The Hall–Kier alpha value is -0.0300. The molecular formula is C13H18BrNOS. The van der Waals surface area contributed by atoms with E-state index in [2.05, 4.69) is 39.4 Å². The van der Waals surface area contributed by atoms with Crippen LogP contribution in [0.3, 0.4) is 0 Å². The third-order valence-corrected chi connectivity index (χ3v) is 4.41. The Balaban J connectivity index is 2.14. The van der Waals surface area contributed by atoms with Crippen LogP contribution >= 0.6 is 27.7 Å². The van der Waals surface area contributed by atoms with Crippen LogP contribution in [0.4, 0.5) is 0 Å². The molecule has 17 heavy (non-hydrogen) atoms. The summed E-state index contributed by atoms with van der Waals surface area (Å²) in [6, 6.07) is 6.80. The summed E-state index contributed by atoms with van der Waals surface area (Å²) >= 11 is 5.43. The van der Waals surface area contributed by atoms with Crippen LogP contribution in [-0.4, -0.2) is 23.0 Å². The van der Waals surface area contributed by atoms with Gasteiger partial charge in [-0.1, -0.05) is 15.9 Å². The van der Waals surface area contributed by atoms with E-state index in [0.29, 0.717) is 12.6 Å². The number of hydrogen-bond donors (Lipinski definition) is 2. The van der Waals surface area contributed by atoms with Crippen molar-refractivity contribution in [2.75, 3.05) is 12.3 Å². The fraction of sp³-hybridized carbons (Fsp3) is 0.538. The van der Waals surface area contributed by atoms with E-state index < -0.39 is 5.60 Å². The number of fused-ring (bicyclic) bond motifs is 1. The summed E-state index contributed by atoms with van der Waals surface area (Å²) in [5, 5.41) is 13.2. The Morgan fingerprint density at radius 3 is 3.00 bits per heavy atom. The van der Waals surface area contributed by atoms with Crippen molar-refractivity contribution in [1.29, 1.82) is 0 Å². The monoisotopic (exact) mass is 315 g/mol. The fourth-order valence-electron chi connectivity index (χ4n) is 1.95. The molecule has 1 aromatic rings. The Morgan fingerprint density at radius 2 is 2.29 bits per heavy atom. The van der Waals surface area contributed by atoms with E-state index >= 15 is 0 Å². The summed E-state index contributed by atoms with van der Waals surface area (Å²) in [4.78, 5) is 1.35. The highest BCUT2D eigenvalue weighted by Crippen LogP contribution is 2.37. The van der Waals surface area contributed by atoms with Crippen molar-refractivity contribution in [3.63, 3.8) is 0 Å². The molecule has 1 aliphatic rings. The standard InChI is InChI=1S/C13H18BrNOS/c1-13(2,16)8-15-11-5-6-17-12-4-3-9(14)7-10(11)12/h3-4,7,11,15-16H,5-6,8H2,1-2H3. The lowest BCUT2D eigenvalue weighted by atomic mass is 10.0. The largest absolute Gasteiger partial charge is 0.389 e. The highest BCUT2D eigenvalue weighted by Gasteiger charge is 2.22. The number of thioether (sulfide) groups is 1. The summed E-state index contributed by atoms with van der Waals surface area (Å²) in [6.07, 6.45) is 1.12. The zero-order valence-electron chi connectivity index (χ0n) is 10.2. The van der Waals surface area contributed by atoms with Gasteiger partial charge < -0.3 is 10.4 Å². The Morgan fingerprint density at radius 1 is 1.53 bits per heavy atom. The molecule has 0 radical (unpaired) electrons. The number of aliphatic hydroxyl groups is 1. The van der Waals surface area contributed by atoms with Gasteiger partial charge in [-0.25, -0.2) is 0 Å². The maximum Gasteiger partial charge on any atom is 0.0715 e. The molecule has 0 saturated heterocycles. The molecule has 4 heteroatoms. The highest BCUT2D eigenvalue weighted by molar-refractivity contribution is 9.10. The highest BCUT2D eigenvalue weighted by atomic mass is 79.9. The number of benzene rings is 1. The number of hydrogen-bond acceptors (Lipinski definition) is 3. The van der Waals surface area contributed by atoms with Crippen molar-refractivity contribution in [1.82, 2.24) is 5.32 Å². The second kappa shape index (κ2) is 5.31. The molecule has 0 bridgehead atoms. The van der Waals surface area contributed by atoms with E-state index in [0.717, 1.165) is 16.6 Å². The number of halogens is 1. The van der Waals surface area contributed by atoms with E-state index in [1.165, 1.54) is 10.5 Å². The van der Waals surface area contributed by atoms with E-state index in [1.807, 2.05) is 25.6 Å². The van der Waals surface area contributed by atoms with Crippen LogP contribution in [0.25, 0.3) is 0 Å². The van der Waals surface area contributed by atoms with Gasteiger partial charge in [0.15, 0.2) is 0 Å². The molecule has 2 nitrogen and oxygen atoms in total. The number of rotatable bonds is 3. The fourth-order valence-corrected chi connectivity index (χ4v) is 3.43. The molecule has 1 atom stereocenters. The third-order valence-electron chi connectivity index (χ3n) is 2.79. The predicted octanol–water partition coefficient (Wildman–Crippen LogP) is 3.35. The lowest BCUT2D eigenvalue weighted by Gasteiger charge is -2.29. The second-order valence-corrected chi connectivity index (χ2v) is 7.12. The molecule has 1 aromatic carbocycles. The van der Waals surface area contributed by atoms with Crippen molar-refractivity contribution < 1.29 is 5.11 Å². The molecular weight excluding hydrogens is 298 g/mol. The molecule has 0 spiro atoms. The third kappa shape index (κ3) is 3.71. The molecule has 0 amide bonds. The number of nitrogens with one attached hydrogen (secondary N) is 1. The summed E-state index contributed by atoms with van der Waals surface area (Å²) in [7, 11) is 0. The Kier molecular flexibility index (Phi) is 4.18. The smallest absolute Gasteiger partial charge is 0.0715 e. The average Bonchev–Trinajstić information content (AvgIpc) is 2.25. The van der Waals surface area contributed by atoms with Gasteiger partial charge in [-0.05, 0) is 49.8 Å². The minimum Gasteiger partial charge on any atom is -0.389 e. The van der Waals surface area contributed by atoms with Crippen LogP contribution in [-0.2, 0) is 0 Å². The van der Waals surface area contributed by atoms with Gasteiger partial charge in [0.05, 0.1) is 5.60 Å². The summed E-state index contributed by atoms with van der Waals surface area (Å²) in [5.74, 6) is 1.14. The van der Waals surface area contributed by atoms with Crippen molar-refractivity contribution in [2.45, 2.75) is 36.8 Å². The van der Waals surface area contributed by atoms with Crippen LogP contribution in [0, 0.1) is 0 Å². The molecule has 2 rings (SSSR count). The Labute approximate surface area is 115 Å². The molecule has 0 fully saturated rings.